The average Bonchev–Trinajstić information content (AvgIpc) is 2.79. The molecule has 0 spiro atoms. The standard InChI is InChI=1S/C25H18N4/c1-2-17-3-9-21(10-4-17)25-28-23(19-7-5-18(16-26)6-8-19)15-24(29-25)20-11-13-22(27)14-12-20/h2-15H,1,27H2. The fourth-order valence-corrected chi connectivity index (χ4v) is 3.01. The Labute approximate surface area is 169 Å². The molecule has 0 amide bonds. The van der Waals surface area contributed by atoms with Crippen molar-refractivity contribution >= 4 is 11.8 Å². The van der Waals surface area contributed by atoms with Gasteiger partial charge in [-0.1, -0.05) is 61.2 Å². The topological polar surface area (TPSA) is 75.6 Å². The summed E-state index contributed by atoms with van der Waals surface area (Å²) >= 11 is 0. The van der Waals surface area contributed by atoms with Gasteiger partial charge in [-0.3, -0.25) is 0 Å². The predicted molar refractivity (Wildman–Crippen MR) is 118 cm³/mol. The highest BCUT2D eigenvalue weighted by molar-refractivity contribution is 5.73. The van der Waals surface area contributed by atoms with Crippen LogP contribution in [0.15, 0.2) is 85.4 Å². The molecule has 0 aliphatic rings. The Balaban J connectivity index is 1.87. The second-order valence-electron chi connectivity index (χ2n) is 6.60. The predicted octanol–water partition coefficient (Wildman–Crippen LogP) is 5.57. The smallest absolute Gasteiger partial charge is 0.160 e. The molecule has 4 rings (SSSR count). The zero-order valence-electron chi connectivity index (χ0n) is 15.7. The van der Waals surface area contributed by atoms with E-state index in [0.29, 0.717) is 17.1 Å². The number of aromatic nitrogens is 2. The second-order valence-corrected chi connectivity index (χ2v) is 6.60. The van der Waals surface area contributed by atoms with Crippen LogP contribution >= 0.6 is 0 Å². The van der Waals surface area contributed by atoms with E-state index < -0.39 is 0 Å². The number of nitrogen functional groups attached to an aromatic ring is 1. The van der Waals surface area contributed by atoms with Gasteiger partial charge in [-0.05, 0) is 35.9 Å². The highest BCUT2D eigenvalue weighted by Gasteiger charge is 2.11. The van der Waals surface area contributed by atoms with Gasteiger partial charge < -0.3 is 5.73 Å². The fourth-order valence-electron chi connectivity index (χ4n) is 3.01. The molecule has 3 aromatic carbocycles. The first-order chi connectivity index (χ1) is 14.2. The van der Waals surface area contributed by atoms with E-state index >= 15 is 0 Å². The number of hydrogen-bond acceptors (Lipinski definition) is 4. The molecular weight excluding hydrogens is 356 g/mol. The van der Waals surface area contributed by atoms with Crippen molar-refractivity contribution in [3.8, 4) is 40.0 Å². The van der Waals surface area contributed by atoms with Crippen LogP contribution in [0.4, 0.5) is 5.69 Å². The molecule has 0 unspecified atom stereocenters. The molecule has 0 saturated carbocycles. The van der Waals surface area contributed by atoms with Crippen molar-refractivity contribution in [1.29, 1.82) is 5.26 Å². The van der Waals surface area contributed by atoms with Gasteiger partial charge in [-0.15, -0.1) is 0 Å². The number of rotatable bonds is 4. The van der Waals surface area contributed by atoms with E-state index in [-0.39, 0.29) is 0 Å². The van der Waals surface area contributed by atoms with Crippen molar-refractivity contribution in [2.75, 3.05) is 5.73 Å². The number of benzene rings is 3. The third-order valence-corrected chi connectivity index (χ3v) is 4.65. The summed E-state index contributed by atoms with van der Waals surface area (Å²) in [6, 6.07) is 27.0. The minimum Gasteiger partial charge on any atom is -0.399 e. The first-order valence-corrected chi connectivity index (χ1v) is 9.15. The number of nitrogens with two attached hydrogens (primary N) is 1. The number of anilines is 1. The van der Waals surface area contributed by atoms with Crippen LogP contribution in [0, 0.1) is 11.3 Å². The lowest BCUT2D eigenvalue weighted by Crippen LogP contribution is -1.96. The third-order valence-electron chi connectivity index (χ3n) is 4.65. The lowest BCUT2D eigenvalue weighted by molar-refractivity contribution is 1.18. The molecule has 1 aromatic heterocycles. The van der Waals surface area contributed by atoms with Gasteiger partial charge in [-0.2, -0.15) is 5.26 Å². The molecule has 0 saturated heterocycles. The largest absolute Gasteiger partial charge is 0.399 e. The van der Waals surface area contributed by atoms with Crippen molar-refractivity contribution in [1.82, 2.24) is 9.97 Å². The molecule has 1 heterocycles. The molecule has 4 heteroatoms. The Kier molecular flexibility index (Phi) is 4.88. The van der Waals surface area contributed by atoms with Crippen molar-refractivity contribution in [2.24, 2.45) is 0 Å². The number of nitriles is 1. The maximum absolute atomic E-state index is 9.06. The molecular formula is C25H18N4. The molecule has 0 bridgehead atoms. The first kappa shape index (κ1) is 18.1. The van der Waals surface area contributed by atoms with Crippen molar-refractivity contribution in [3.63, 3.8) is 0 Å². The van der Waals surface area contributed by atoms with E-state index in [0.717, 1.165) is 33.6 Å². The maximum Gasteiger partial charge on any atom is 0.160 e. The second kappa shape index (κ2) is 7.79. The Hall–Kier alpha value is -4.23. The molecule has 0 aliphatic carbocycles. The lowest BCUT2D eigenvalue weighted by atomic mass is 10.0. The summed E-state index contributed by atoms with van der Waals surface area (Å²) in [5.74, 6) is 0.634. The molecule has 0 fully saturated rings. The van der Waals surface area contributed by atoms with Gasteiger partial charge in [-0.25, -0.2) is 9.97 Å². The minimum absolute atomic E-state index is 0.613. The van der Waals surface area contributed by atoms with E-state index in [2.05, 4.69) is 12.6 Å². The summed E-state index contributed by atoms with van der Waals surface area (Å²) in [7, 11) is 0. The van der Waals surface area contributed by atoms with Crippen molar-refractivity contribution < 1.29 is 0 Å². The van der Waals surface area contributed by atoms with Crippen LogP contribution in [0.2, 0.25) is 0 Å². The molecule has 2 N–H and O–H groups in total. The van der Waals surface area contributed by atoms with E-state index in [1.807, 2.05) is 66.7 Å². The fraction of sp³-hybridized carbons (Fsp3) is 0. The normalized spacial score (nSPS) is 10.3. The van der Waals surface area contributed by atoms with Crippen LogP contribution in [-0.2, 0) is 0 Å². The maximum atomic E-state index is 9.06. The summed E-state index contributed by atoms with van der Waals surface area (Å²) in [4.78, 5) is 9.57. The highest BCUT2D eigenvalue weighted by Crippen LogP contribution is 2.28. The summed E-state index contributed by atoms with van der Waals surface area (Å²) in [5.41, 5.74) is 12.6. The monoisotopic (exact) mass is 374 g/mol. The van der Waals surface area contributed by atoms with Crippen LogP contribution in [0.3, 0.4) is 0 Å². The summed E-state index contributed by atoms with van der Waals surface area (Å²) < 4.78 is 0. The number of nitrogens with zero attached hydrogens (tertiary/aromatic N) is 3. The Bertz CT molecular complexity index is 1200. The SMILES string of the molecule is C=Cc1ccc(-c2nc(-c3ccc(N)cc3)cc(-c3ccc(C#N)cc3)n2)cc1. The van der Waals surface area contributed by atoms with Gasteiger partial charge in [0.25, 0.3) is 0 Å². The van der Waals surface area contributed by atoms with E-state index in [9.17, 15) is 0 Å². The van der Waals surface area contributed by atoms with Crippen LogP contribution in [0.25, 0.3) is 40.0 Å². The van der Waals surface area contributed by atoms with E-state index in [1.54, 1.807) is 18.2 Å². The number of hydrogen-bond donors (Lipinski definition) is 1. The summed E-state index contributed by atoms with van der Waals surface area (Å²) in [6.45, 7) is 3.80. The average molecular weight is 374 g/mol. The molecule has 0 aliphatic heterocycles. The van der Waals surface area contributed by atoms with Gasteiger partial charge in [0.05, 0.1) is 23.0 Å². The molecule has 4 nitrogen and oxygen atoms in total. The minimum atomic E-state index is 0.613. The molecule has 4 aromatic rings. The van der Waals surface area contributed by atoms with Crippen LogP contribution in [-0.4, -0.2) is 9.97 Å². The van der Waals surface area contributed by atoms with Gasteiger partial charge in [0.15, 0.2) is 5.82 Å². The third kappa shape index (κ3) is 3.90. The summed E-state index contributed by atoms with van der Waals surface area (Å²) in [5, 5.41) is 9.06. The Morgan fingerprint density at radius 2 is 1.28 bits per heavy atom. The van der Waals surface area contributed by atoms with E-state index in [1.165, 1.54) is 0 Å². The zero-order chi connectivity index (χ0) is 20.2. The Morgan fingerprint density at radius 3 is 1.79 bits per heavy atom. The van der Waals surface area contributed by atoms with Crippen molar-refractivity contribution in [2.45, 2.75) is 0 Å². The van der Waals surface area contributed by atoms with Gasteiger partial charge >= 0.3 is 0 Å². The molecule has 0 radical (unpaired) electrons. The van der Waals surface area contributed by atoms with Crippen molar-refractivity contribution in [3.05, 3.63) is 96.6 Å². The first-order valence-electron chi connectivity index (χ1n) is 9.15. The van der Waals surface area contributed by atoms with Crippen LogP contribution < -0.4 is 5.73 Å². The van der Waals surface area contributed by atoms with Gasteiger partial charge in [0.2, 0.25) is 0 Å². The quantitative estimate of drug-likeness (QED) is 0.474. The Morgan fingerprint density at radius 1 is 0.759 bits per heavy atom. The van der Waals surface area contributed by atoms with Crippen LogP contribution in [0.5, 0.6) is 0 Å². The molecule has 29 heavy (non-hydrogen) atoms. The molecule has 0 atom stereocenters. The van der Waals surface area contributed by atoms with Crippen LogP contribution in [0.1, 0.15) is 11.1 Å². The van der Waals surface area contributed by atoms with E-state index in [4.69, 9.17) is 21.0 Å². The highest BCUT2D eigenvalue weighted by atomic mass is 14.9. The zero-order valence-corrected chi connectivity index (χ0v) is 15.7. The van der Waals surface area contributed by atoms with Gasteiger partial charge in [0.1, 0.15) is 0 Å². The van der Waals surface area contributed by atoms with Gasteiger partial charge in [0, 0.05) is 22.4 Å². The summed E-state index contributed by atoms with van der Waals surface area (Å²) in [6.07, 6.45) is 1.80. The molecule has 138 valence electrons. The lowest BCUT2D eigenvalue weighted by Gasteiger charge is -2.10.